The molecule has 1 unspecified atom stereocenters. The van der Waals surface area contributed by atoms with E-state index in [1.807, 2.05) is 18.2 Å². The van der Waals surface area contributed by atoms with Crippen molar-refractivity contribution in [3.63, 3.8) is 0 Å². The van der Waals surface area contributed by atoms with Crippen molar-refractivity contribution < 1.29 is 9.90 Å². The molecule has 1 aromatic carbocycles. The molecule has 0 aliphatic carbocycles. The molecule has 0 heterocycles. The van der Waals surface area contributed by atoms with Gasteiger partial charge in [-0.25, -0.2) is 0 Å². The van der Waals surface area contributed by atoms with Gasteiger partial charge in [0.2, 0.25) is 0 Å². The molecule has 0 saturated heterocycles. The highest BCUT2D eigenvalue weighted by Gasteiger charge is 2.11. The van der Waals surface area contributed by atoms with Crippen molar-refractivity contribution in [2.24, 2.45) is 5.73 Å². The monoisotopic (exact) mass is 207 g/mol. The molecule has 1 rings (SSSR count). The van der Waals surface area contributed by atoms with Crippen LogP contribution in [0, 0.1) is 0 Å². The van der Waals surface area contributed by atoms with Crippen LogP contribution in [0.25, 0.3) is 0 Å². The van der Waals surface area contributed by atoms with Gasteiger partial charge in [-0.15, -0.1) is 0 Å². The normalized spacial score (nSPS) is 12.4. The smallest absolute Gasteiger partial charge is 0.320 e. The fourth-order valence-corrected chi connectivity index (χ4v) is 1.54. The summed E-state index contributed by atoms with van der Waals surface area (Å²) in [6, 6.07) is 7.16. The van der Waals surface area contributed by atoms with E-state index in [-0.39, 0.29) is 0 Å². The molecule has 0 aromatic heterocycles. The maximum absolute atomic E-state index is 10.6. The summed E-state index contributed by atoms with van der Waals surface area (Å²) in [5.74, 6) is -0.948. The first-order valence-electron chi connectivity index (χ1n) is 5.19. The number of hydrogen-bond donors (Lipinski definition) is 2. The van der Waals surface area contributed by atoms with E-state index in [4.69, 9.17) is 10.8 Å². The van der Waals surface area contributed by atoms with Crippen molar-refractivity contribution >= 4 is 5.97 Å². The zero-order chi connectivity index (χ0) is 11.3. The van der Waals surface area contributed by atoms with Crippen LogP contribution in [-0.4, -0.2) is 17.1 Å². The third kappa shape index (κ3) is 3.72. The van der Waals surface area contributed by atoms with Crippen molar-refractivity contribution in [1.82, 2.24) is 0 Å². The Bertz CT molecular complexity index is 336. The number of carboxylic acids is 1. The first-order chi connectivity index (χ1) is 7.13. The van der Waals surface area contributed by atoms with Crippen LogP contribution in [0.3, 0.4) is 0 Å². The Morgan fingerprint density at radius 2 is 2.13 bits per heavy atom. The van der Waals surface area contributed by atoms with Crippen LogP contribution in [-0.2, 0) is 17.6 Å². The van der Waals surface area contributed by atoms with Crippen LogP contribution in [0.2, 0.25) is 0 Å². The van der Waals surface area contributed by atoms with Gasteiger partial charge >= 0.3 is 5.97 Å². The van der Waals surface area contributed by atoms with Crippen LogP contribution < -0.4 is 5.73 Å². The topological polar surface area (TPSA) is 63.3 Å². The number of rotatable bonds is 5. The zero-order valence-corrected chi connectivity index (χ0v) is 8.94. The van der Waals surface area contributed by atoms with Gasteiger partial charge in [0.15, 0.2) is 0 Å². The number of carbonyl (C=O) groups is 1. The molecule has 0 aliphatic heterocycles. The van der Waals surface area contributed by atoms with Gasteiger partial charge in [-0.3, -0.25) is 4.79 Å². The first kappa shape index (κ1) is 11.7. The van der Waals surface area contributed by atoms with Crippen molar-refractivity contribution in [3.05, 3.63) is 35.4 Å². The van der Waals surface area contributed by atoms with E-state index in [0.29, 0.717) is 6.42 Å². The lowest BCUT2D eigenvalue weighted by molar-refractivity contribution is -0.138. The average Bonchev–Trinajstić information content (AvgIpc) is 2.18. The Morgan fingerprint density at radius 1 is 1.47 bits per heavy atom. The minimum absolute atomic E-state index is 0.396. The Morgan fingerprint density at radius 3 is 2.73 bits per heavy atom. The predicted octanol–water partition coefficient (Wildman–Crippen LogP) is 1.59. The van der Waals surface area contributed by atoms with E-state index in [1.54, 1.807) is 0 Å². The van der Waals surface area contributed by atoms with Gasteiger partial charge in [0.25, 0.3) is 0 Å². The molecular weight excluding hydrogens is 190 g/mol. The van der Waals surface area contributed by atoms with Crippen LogP contribution in [0.1, 0.15) is 24.5 Å². The van der Waals surface area contributed by atoms with Crippen LogP contribution in [0.4, 0.5) is 0 Å². The van der Waals surface area contributed by atoms with Crippen LogP contribution >= 0.6 is 0 Å². The molecule has 0 amide bonds. The lowest BCUT2D eigenvalue weighted by Gasteiger charge is -2.07. The minimum atomic E-state index is -0.948. The summed E-state index contributed by atoms with van der Waals surface area (Å²) >= 11 is 0. The standard InChI is InChI=1S/C12H17NO2/c1-2-4-9-5-3-6-10(7-9)8-11(13)12(14)15/h3,5-7,11H,2,4,8,13H2,1H3,(H,14,15). The molecule has 0 saturated carbocycles. The number of nitrogens with two attached hydrogens (primary N) is 1. The largest absolute Gasteiger partial charge is 0.480 e. The third-order valence-electron chi connectivity index (χ3n) is 2.30. The van der Waals surface area contributed by atoms with Crippen molar-refractivity contribution in [1.29, 1.82) is 0 Å². The van der Waals surface area contributed by atoms with E-state index < -0.39 is 12.0 Å². The average molecular weight is 207 g/mol. The van der Waals surface area contributed by atoms with Gasteiger partial charge < -0.3 is 10.8 Å². The van der Waals surface area contributed by atoms with Gasteiger partial charge in [-0.05, 0) is 24.0 Å². The maximum Gasteiger partial charge on any atom is 0.320 e. The van der Waals surface area contributed by atoms with Gasteiger partial charge in [-0.2, -0.15) is 0 Å². The number of aliphatic carboxylic acids is 1. The zero-order valence-electron chi connectivity index (χ0n) is 8.94. The van der Waals surface area contributed by atoms with E-state index in [1.165, 1.54) is 5.56 Å². The van der Waals surface area contributed by atoms with E-state index in [2.05, 4.69) is 13.0 Å². The molecule has 0 bridgehead atoms. The molecule has 0 radical (unpaired) electrons. The fourth-order valence-electron chi connectivity index (χ4n) is 1.54. The molecule has 1 atom stereocenters. The summed E-state index contributed by atoms with van der Waals surface area (Å²) in [5.41, 5.74) is 7.71. The van der Waals surface area contributed by atoms with Crippen molar-refractivity contribution in [2.75, 3.05) is 0 Å². The highest BCUT2D eigenvalue weighted by Crippen LogP contribution is 2.09. The summed E-state index contributed by atoms with van der Waals surface area (Å²) in [5, 5.41) is 8.69. The second-order valence-corrected chi connectivity index (χ2v) is 3.72. The van der Waals surface area contributed by atoms with Gasteiger partial charge in [-0.1, -0.05) is 37.6 Å². The van der Waals surface area contributed by atoms with Gasteiger partial charge in [0.1, 0.15) is 6.04 Å². The number of benzene rings is 1. The van der Waals surface area contributed by atoms with Crippen LogP contribution in [0.5, 0.6) is 0 Å². The predicted molar refractivity (Wildman–Crippen MR) is 59.8 cm³/mol. The maximum atomic E-state index is 10.6. The second-order valence-electron chi connectivity index (χ2n) is 3.72. The quantitative estimate of drug-likeness (QED) is 0.770. The Balaban J connectivity index is 2.68. The molecule has 0 fully saturated rings. The SMILES string of the molecule is CCCc1cccc(CC(N)C(=O)O)c1. The summed E-state index contributed by atoms with van der Waals surface area (Å²) in [4.78, 5) is 10.6. The molecule has 3 N–H and O–H groups in total. The second kappa shape index (κ2) is 5.51. The summed E-state index contributed by atoms with van der Waals surface area (Å²) < 4.78 is 0. The molecule has 3 nitrogen and oxygen atoms in total. The fraction of sp³-hybridized carbons (Fsp3) is 0.417. The molecule has 0 spiro atoms. The molecule has 1 aromatic rings. The highest BCUT2D eigenvalue weighted by molar-refractivity contribution is 5.73. The van der Waals surface area contributed by atoms with Crippen molar-refractivity contribution in [3.8, 4) is 0 Å². The molecule has 0 aliphatic rings. The van der Waals surface area contributed by atoms with E-state index in [9.17, 15) is 4.79 Å². The number of aryl methyl sites for hydroxylation is 1. The van der Waals surface area contributed by atoms with E-state index in [0.717, 1.165) is 18.4 Å². The minimum Gasteiger partial charge on any atom is -0.480 e. The third-order valence-corrected chi connectivity index (χ3v) is 2.30. The number of hydrogen-bond acceptors (Lipinski definition) is 2. The lowest BCUT2D eigenvalue weighted by Crippen LogP contribution is -2.32. The lowest BCUT2D eigenvalue weighted by atomic mass is 10.0. The Labute approximate surface area is 89.9 Å². The summed E-state index contributed by atoms with van der Waals surface area (Å²) in [7, 11) is 0. The number of carboxylic acid groups (broad SMARTS) is 1. The van der Waals surface area contributed by atoms with Crippen LogP contribution in [0.15, 0.2) is 24.3 Å². The van der Waals surface area contributed by atoms with Gasteiger partial charge in [0.05, 0.1) is 0 Å². The van der Waals surface area contributed by atoms with Crippen molar-refractivity contribution in [2.45, 2.75) is 32.2 Å². The Kier molecular flexibility index (Phi) is 4.31. The van der Waals surface area contributed by atoms with E-state index >= 15 is 0 Å². The summed E-state index contributed by atoms with van der Waals surface area (Å²) in [6.07, 6.45) is 2.51. The molecular formula is C12H17NO2. The summed E-state index contributed by atoms with van der Waals surface area (Å²) in [6.45, 7) is 2.12. The highest BCUT2D eigenvalue weighted by atomic mass is 16.4. The molecule has 15 heavy (non-hydrogen) atoms. The first-order valence-corrected chi connectivity index (χ1v) is 5.19. The Hall–Kier alpha value is -1.35. The molecule has 82 valence electrons. The van der Waals surface area contributed by atoms with Gasteiger partial charge in [0, 0.05) is 0 Å². The molecule has 3 heteroatoms.